The van der Waals surface area contributed by atoms with Crippen LogP contribution >= 0.6 is 0 Å². The van der Waals surface area contributed by atoms with Crippen LogP contribution < -0.4 is 10.6 Å². The van der Waals surface area contributed by atoms with Crippen molar-refractivity contribution in [2.24, 2.45) is 5.92 Å². The van der Waals surface area contributed by atoms with Gasteiger partial charge in [-0.1, -0.05) is 39.0 Å². The number of pyridine rings is 1. The molecule has 10 nitrogen and oxygen atoms in total. The zero-order chi connectivity index (χ0) is 32.6. The Kier molecular flexibility index (Phi) is 10.9. The number of fused-ring (bicyclic) bond motifs is 2. The number of nitrogens with one attached hydrogen (secondary N) is 4. The molecule has 0 aliphatic heterocycles. The lowest BCUT2D eigenvalue weighted by molar-refractivity contribution is -0.192. The molecule has 1 amide bonds. The zero-order valence-corrected chi connectivity index (χ0v) is 25.2. The number of aromatic amines is 2. The Bertz CT molecular complexity index is 1750. The fourth-order valence-electron chi connectivity index (χ4n) is 4.92. The number of alkyl halides is 3. The van der Waals surface area contributed by atoms with E-state index in [1.807, 2.05) is 30.5 Å². The highest BCUT2D eigenvalue weighted by atomic mass is 19.4. The molecule has 0 saturated heterocycles. The van der Waals surface area contributed by atoms with Gasteiger partial charge >= 0.3 is 12.1 Å². The third-order valence-corrected chi connectivity index (χ3v) is 6.86. The van der Waals surface area contributed by atoms with E-state index >= 15 is 0 Å². The molecule has 0 fully saturated rings. The fourth-order valence-corrected chi connectivity index (χ4v) is 4.92. The molecule has 0 saturated carbocycles. The van der Waals surface area contributed by atoms with E-state index in [9.17, 15) is 18.0 Å². The molecule has 0 radical (unpaired) electrons. The monoisotopic (exact) mass is 623 g/mol. The van der Waals surface area contributed by atoms with E-state index in [1.165, 1.54) is 0 Å². The second-order valence-corrected chi connectivity index (χ2v) is 10.9. The number of carboxylic acid groups (broad SMARTS) is 1. The van der Waals surface area contributed by atoms with Gasteiger partial charge in [-0.05, 0) is 60.0 Å². The number of halogens is 3. The zero-order valence-electron chi connectivity index (χ0n) is 25.2. The Morgan fingerprint density at radius 2 is 1.80 bits per heavy atom. The highest BCUT2D eigenvalue weighted by molar-refractivity contribution is 6.09. The number of anilines is 1. The van der Waals surface area contributed by atoms with Gasteiger partial charge in [0.1, 0.15) is 5.69 Å². The molecule has 2 aromatic carbocycles. The second kappa shape index (κ2) is 14.8. The maximum atomic E-state index is 13.4. The molecule has 3 aromatic heterocycles. The average Bonchev–Trinajstić information content (AvgIpc) is 3.67. The highest BCUT2D eigenvalue weighted by Crippen LogP contribution is 2.34. The summed E-state index contributed by atoms with van der Waals surface area (Å²) in [4.78, 5) is 32.7. The van der Waals surface area contributed by atoms with Crippen molar-refractivity contribution < 1.29 is 27.9 Å². The Morgan fingerprint density at radius 1 is 1.04 bits per heavy atom. The predicted octanol–water partition coefficient (Wildman–Crippen LogP) is 6.06. The first-order valence-electron chi connectivity index (χ1n) is 14.5. The van der Waals surface area contributed by atoms with Crippen molar-refractivity contribution >= 4 is 39.4 Å². The standard InChI is InChI=1S/C30H35N7O.C2HF3O2/c1-4-31-13-14-37(18-20(2)3)19-22-7-5-10-27(34-22)30(38)35-28-15-21(16-29-25(28)17-33-36-29)23-8-6-9-26-24(23)11-12-32-26;3-2(4,5)1(6)7/h5-12,15-17,20,31-32H,4,13-14,18-19H2,1-3H3,(H,33,36)(H,35,38);(H,6,7). The first kappa shape index (κ1) is 33.1. The van der Waals surface area contributed by atoms with Crippen LogP contribution in [-0.4, -0.2) is 74.4 Å². The van der Waals surface area contributed by atoms with Crippen molar-refractivity contribution in [1.82, 2.24) is 30.4 Å². The highest BCUT2D eigenvalue weighted by Gasteiger charge is 2.38. The molecule has 0 aliphatic rings. The molecule has 5 aromatic rings. The van der Waals surface area contributed by atoms with Gasteiger partial charge in [0.05, 0.1) is 23.1 Å². The van der Waals surface area contributed by atoms with Crippen molar-refractivity contribution in [3.8, 4) is 11.1 Å². The number of benzene rings is 2. The molecule has 3 heterocycles. The number of carbonyl (C=O) groups excluding carboxylic acids is 1. The van der Waals surface area contributed by atoms with Crippen molar-refractivity contribution in [3.63, 3.8) is 0 Å². The summed E-state index contributed by atoms with van der Waals surface area (Å²) in [5.41, 5.74) is 5.98. The minimum atomic E-state index is -5.08. The van der Waals surface area contributed by atoms with Crippen LogP contribution in [0.2, 0.25) is 0 Å². The van der Waals surface area contributed by atoms with Crippen LogP contribution in [0.3, 0.4) is 0 Å². The van der Waals surface area contributed by atoms with E-state index in [1.54, 1.807) is 12.3 Å². The fraction of sp³-hybridized carbons (Fsp3) is 0.312. The average molecular weight is 624 g/mol. The number of rotatable bonds is 11. The van der Waals surface area contributed by atoms with E-state index in [4.69, 9.17) is 14.9 Å². The Hall–Kier alpha value is -4.75. The minimum absolute atomic E-state index is 0.241. The van der Waals surface area contributed by atoms with Crippen molar-refractivity contribution in [2.75, 3.05) is 31.5 Å². The molecule has 45 heavy (non-hydrogen) atoms. The predicted molar refractivity (Wildman–Crippen MR) is 168 cm³/mol. The first-order chi connectivity index (χ1) is 21.5. The molecular formula is C32H36F3N7O3. The number of aromatic nitrogens is 4. The number of hydrogen-bond acceptors (Lipinski definition) is 6. The van der Waals surface area contributed by atoms with Crippen LogP contribution in [0.1, 0.15) is 37.0 Å². The maximum Gasteiger partial charge on any atom is 0.490 e. The van der Waals surface area contributed by atoms with Crippen LogP contribution in [0.4, 0.5) is 18.9 Å². The van der Waals surface area contributed by atoms with Crippen molar-refractivity contribution in [3.05, 3.63) is 78.4 Å². The topological polar surface area (TPSA) is 139 Å². The molecule has 0 atom stereocenters. The number of carbonyl (C=O) groups is 2. The molecule has 0 spiro atoms. The third kappa shape index (κ3) is 8.89. The van der Waals surface area contributed by atoms with Gasteiger partial charge in [0.15, 0.2) is 0 Å². The van der Waals surface area contributed by atoms with E-state index in [0.29, 0.717) is 23.8 Å². The quantitative estimate of drug-likeness (QED) is 0.113. The van der Waals surface area contributed by atoms with Gasteiger partial charge in [0.2, 0.25) is 0 Å². The van der Waals surface area contributed by atoms with Crippen molar-refractivity contribution in [1.29, 1.82) is 0 Å². The first-order valence-corrected chi connectivity index (χ1v) is 14.5. The van der Waals surface area contributed by atoms with E-state index in [2.05, 4.69) is 75.8 Å². The third-order valence-electron chi connectivity index (χ3n) is 6.86. The van der Waals surface area contributed by atoms with Gasteiger partial charge < -0.3 is 20.7 Å². The largest absolute Gasteiger partial charge is 0.490 e. The molecule has 0 unspecified atom stereocenters. The Labute approximate surface area is 258 Å². The molecule has 5 rings (SSSR count). The molecular weight excluding hydrogens is 587 g/mol. The molecule has 0 aliphatic carbocycles. The Balaban J connectivity index is 0.000000591. The van der Waals surface area contributed by atoms with Gasteiger partial charge in [-0.15, -0.1) is 0 Å². The maximum absolute atomic E-state index is 13.4. The van der Waals surface area contributed by atoms with Gasteiger partial charge in [-0.3, -0.25) is 14.8 Å². The minimum Gasteiger partial charge on any atom is -0.475 e. The number of hydrogen-bond donors (Lipinski definition) is 5. The number of H-pyrrole nitrogens is 2. The number of amides is 1. The molecule has 0 bridgehead atoms. The number of nitrogens with zero attached hydrogens (tertiary/aromatic N) is 3. The smallest absolute Gasteiger partial charge is 0.475 e. The summed E-state index contributed by atoms with van der Waals surface area (Å²) in [6.07, 6.45) is -1.41. The second-order valence-electron chi connectivity index (χ2n) is 10.9. The van der Waals surface area contributed by atoms with Crippen LogP contribution in [0.25, 0.3) is 32.9 Å². The molecule has 5 N–H and O–H groups in total. The summed E-state index contributed by atoms with van der Waals surface area (Å²) >= 11 is 0. The summed E-state index contributed by atoms with van der Waals surface area (Å²) in [7, 11) is 0. The number of aliphatic carboxylic acids is 1. The van der Waals surface area contributed by atoms with E-state index in [-0.39, 0.29) is 5.91 Å². The van der Waals surface area contributed by atoms with Gasteiger partial charge in [-0.2, -0.15) is 18.3 Å². The van der Waals surface area contributed by atoms with Gasteiger partial charge in [-0.25, -0.2) is 9.78 Å². The normalized spacial score (nSPS) is 11.6. The number of carboxylic acids is 1. The van der Waals surface area contributed by atoms with E-state index in [0.717, 1.165) is 64.8 Å². The molecule has 238 valence electrons. The SMILES string of the molecule is CCNCCN(Cc1cccc(C(=O)Nc2cc(-c3cccc4[nH]ccc34)cc3[nH]ncc23)n1)CC(C)C.O=C(O)C(F)(F)F. The van der Waals surface area contributed by atoms with Crippen LogP contribution in [0.15, 0.2) is 67.0 Å². The van der Waals surface area contributed by atoms with Gasteiger partial charge in [0, 0.05) is 48.7 Å². The molecule has 13 heteroatoms. The number of likely N-dealkylation sites (N-methyl/N-ethyl adjacent to an activating group) is 1. The van der Waals surface area contributed by atoms with Crippen molar-refractivity contribution in [2.45, 2.75) is 33.5 Å². The lowest BCUT2D eigenvalue weighted by atomic mass is 9.99. The summed E-state index contributed by atoms with van der Waals surface area (Å²) < 4.78 is 31.7. The van der Waals surface area contributed by atoms with Gasteiger partial charge in [0.25, 0.3) is 5.91 Å². The van der Waals surface area contributed by atoms with E-state index < -0.39 is 12.1 Å². The van der Waals surface area contributed by atoms with Crippen LogP contribution in [0, 0.1) is 5.92 Å². The summed E-state index contributed by atoms with van der Waals surface area (Å²) in [5.74, 6) is -2.45. The summed E-state index contributed by atoms with van der Waals surface area (Å²) in [6, 6.07) is 18.0. The van der Waals surface area contributed by atoms with Crippen LogP contribution in [0.5, 0.6) is 0 Å². The summed E-state index contributed by atoms with van der Waals surface area (Å²) in [6.45, 7) is 11.0. The Morgan fingerprint density at radius 3 is 2.51 bits per heavy atom. The van der Waals surface area contributed by atoms with Crippen LogP contribution in [-0.2, 0) is 11.3 Å². The summed E-state index contributed by atoms with van der Waals surface area (Å²) in [5, 5.41) is 22.9. The lowest BCUT2D eigenvalue weighted by Crippen LogP contribution is -2.34. The lowest BCUT2D eigenvalue weighted by Gasteiger charge is -2.24.